The maximum atomic E-state index is 13.6. The molecule has 0 spiro atoms. The van der Waals surface area contributed by atoms with Gasteiger partial charge in [0.15, 0.2) is 0 Å². The van der Waals surface area contributed by atoms with E-state index in [0.717, 1.165) is 38.1 Å². The summed E-state index contributed by atoms with van der Waals surface area (Å²) in [5.74, 6) is -1.54. The van der Waals surface area contributed by atoms with Gasteiger partial charge >= 0.3 is 0 Å². The zero-order valence-electron chi connectivity index (χ0n) is 10.2. The predicted molar refractivity (Wildman–Crippen MR) is 65.4 cm³/mol. The van der Waals surface area contributed by atoms with Gasteiger partial charge in [0.2, 0.25) is 5.91 Å². The molecule has 5 heteroatoms. The Bertz CT molecular complexity index is 445. The standard InChI is InChI=1S/C13H16F2N2O/c1-17(12-3-2-10(14)8-11(12)15)13(18)9-4-6-16-7-5-9/h2-3,8-9,16H,4-7H2,1H3. The van der Waals surface area contributed by atoms with Gasteiger partial charge in [0.1, 0.15) is 11.6 Å². The van der Waals surface area contributed by atoms with Crippen LogP contribution in [0.3, 0.4) is 0 Å². The number of piperidine rings is 1. The van der Waals surface area contributed by atoms with Gasteiger partial charge in [-0.05, 0) is 38.1 Å². The lowest BCUT2D eigenvalue weighted by molar-refractivity contribution is -0.122. The third-order valence-corrected chi connectivity index (χ3v) is 3.29. The van der Waals surface area contributed by atoms with Gasteiger partial charge in [-0.1, -0.05) is 0 Å². The summed E-state index contributed by atoms with van der Waals surface area (Å²) in [4.78, 5) is 13.5. The number of carbonyl (C=O) groups excluding carboxylic acids is 1. The molecule has 0 radical (unpaired) electrons. The van der Waals surface area contributed by atoms with E-state index in [-0.39, 0.29) is 17.5 Å². The van der Waals surface area contributed by atoms with E-state index in [2.05, 4.69) is 5.32 Å². The van der Waals surface area contributed by atoms with Crippen molar-refractivity contribution in [2.45, 2.75) is 12.8 Å². The molecule has 2 rings (SSSR count). The molecule has 0 aliphatic carbocycles. The molecular weight excluding hydrogens is 238 g/mol. The van der Waals surface area contributed by atoms with Crippen LogP contribution in [0.5, 0.6) is 0 Å². The van der Waals surface area contributed by atoms with E-state index in [1.165, 1.54) is 18.0 Å². The summed E-state index contributed by atoms with van der Waals surface area (Å²) >= 11 is 0. The zero-order valence-corrected chi connectivity index (χ0v) is 10.2. The predicted octanol–water partition coefficient (Wildman–Crippen LogP) is 1.93. The fourth-order valence-corrected chi connectivity index (χ4v) is 2.21. The van der Waals surface area contributed by atoms with E-state index in [0.29, 0.717) is 0 Å². The summed E-state index contributed by atoms with van der Waals surface area (Å²) in [6, 6.07) is 3.25. The smallest absolute Gasteiger partial charge is 0.230 e. The third-order valence-electron chi connectivity index (χ3n) is 3.29. The van der Waals surface area contributed by atoms with Gasteiger partial charge in [-0.25, -0.2) is 8.78 Å². The first kappa shape index (κ1) is 13.0. The van der Waals surface area contributed by atoms with Crippen LogP contribution in [-0.4, -0.2) is 26.0 Å². The Kier molecular flexibility index (Phi) is 3.91. The highest BCUT2D eigenvalue weighted by Gasteiger charge is 2.25. The van der Waals surface area contributed by atoms with Crippen LogP contribution in [-0.2, 0) is 4.79 Å². The van der Waals surface area contributed by atoms with E-state index >= 15 is 0 Å². The number of amides is 1. The maximum absolute atomic E-state index is 13.6. The highest BCUT2D eigenvalue weighted by molar-refractivity contribution is 5.94. The molecule has 98 valence electrons. The van der Waals surface area contributed by atoms with E-state index < -0.39 is 11.6 Å². The normalized spacial score (nSPS) is 16.6. The average Bonchev–Trinajstić information content (AvgIpc) is 2.38. The Hall–Kier alpha value is -1.49. The van der Waals surface area contributed by atoms with Gasteiger partial charge in [-0.3, -0.25) is 4.79 Å². The molecule has 1 aromatic rings. The molecule has 0 bridgehead atoms. The summed E-state index contributed by atoms with van der Waals surface area (Å²) in [5, 5.41) is 3.17. The summed E-state index contributed by atoms with van der Waals surface area (Å²) in [6.07, 6.45) is 1.51. The van der Waals surface area contributed by atoms with Gasteiger partial charge in [-0.15, -0.1) is 0 Å². The second-order valence-corrected chi connectivity index (χ2v) is 4.52. The van der Waals surface area contributed by atoms with Crippen LogP contribution in [0, 0.1) is 17.6 Å². The lowest BCUT2D eigenvalue weighted by Gasteiger charge is -2.27. The first-order chi connectivity index (χ1) is 8.59. The highest BCUT2D eigenvalue weighted by atomic mass is 19.1. The molecule has 18 heavy (non-hydrogen) atoms. The molecule has 1 saturated heterocycles. The summed E-state index contributed by atoms with van der Waals surface area (Å²) in [5.41, 5.74) is 0.125. The van der Waals surface area contributed by atoms with Crippen LogP contribution >= 0.6 is 0 Å². The Morgan fingerprint density at radius 3 is 2.61 bits per heavy atom. The molecule has 0 aromatic heterocycles. The number of hydrogen-bond donors (Lipinski definition) is 1. The van der Waals surface area contributed by atoms with Crippen LogP contribution < -0.4 is 10.2 Å². The van der Waals surface area contributed by atoms with E-state index in [4.69, 9.17) is 0 Å². The number of anilines is 1. The van der Waals surface area contributed by atoms with E-state index in [1.54, 1.807) is 0 Å². The minimum absolute atomic E-state index is 0.0827. The number of carbonyl (C=O) groups is 1. The molecule has 1 fully saturated rings. The molecule has 0 unspecified atom stereocenters. The second kappa shape index (κ2) is 5.44. The molecule has 1 aliphatic rings. The van der Waals surface area contributed by atoms with Crippen molar-refractivity contribution in [3.63, 3.8) is 0 Å². The Morgan fingerprint density at radius 1 is 1.33 bits per heavy atom. The minimum atomic E-state index is -0.709. The quantitative estimate of drug-likeness (QED) is 0.874. The molecule has 1 aromatic carbocycles. The summed E-state index contributed by atoms with van der Waals surface area (Å²) in [6.45, 7) is 1.60. The fourth-order valence-electron chi connectivity index (χ4n) is 2.21. The van der Waals surface area contributed by atoms with Gasteiger partial charge in [0.05, 0.1) is 5.69 Å². The van der Waals surface area contributed by atoms with Gasteiger partial charge in [0, 0.05) is 19.0 Å². The molecular formula is C13H16F2N2O. The van der Waals surface area contributed by atoms with Gasteiger partial charge in [0.25, 0.3) is 0 Å². The van der Waals surface area contributed by atoms with Crippen molar-refractivity contribution in [1.29, 1.82) is 0 Å². The lowest BCUT2D eigenvalue weighted by atomic mass is 9.96. The summed E-state index contributed by atoms with van der Waals surface area (Å²) in [7, 11) is 1.53. The van der Waals surface area contributed by atoms with Gasteiger partial charge < -0.3 is 10.2 Å². The number of rotatable bonds is 2. The zero-order chi connectivity index (χ0) is 13.1. The minimum Gasteiger partial charge on any atom is -0.317 e. The molecule has 1 N–H and O–H groups in total. The van der Waals surface area contributed by atoms with Crippen molar-refractivity contribution >= 4 is 11.6 Å². The van der Waals surface area contributed by atoms with Crippen LogP contribution in [0.2, 0.25) is 0 Å². The third kappa shape index (κ3) is 2.67. The lowest BCUT2D eigenvalue weighted by Crippen LogP contribution is -2.39. The molecule has 1 heterocycles. The topological polar surface area (TPSA) is 32.3 Å². The van der Waals surface area contributed by atoms with Crippen LogP contribution in [0.25, 0.3) is 0 Å². The van der Waals surface area contributed by atoms with Crippen molar-refractivity contribution in [2.24, 2.45) is 5.92 Å². The molecule has 3 nitrogen and oxygen atoms in total. The Morgan fingerprint density at radius 2 is 2.00 bits per heavy atom. The second-order valence-electron chi connectivity index (χ2n) is 4.52. The van der Waals surface area contributed by atoms with Crippen molar-refractivity contribution in [1.82, 2.24) is 5.32 Å². The SMILES string of the molecule is CN(C(=O)C1CCNCC1)c1ccc(F)cc1F. The van der Waals surface area contributed by atoms with E-state index in [9.17, 15) is 13.6 Å². The van der Waals surface area contributed by atoms with Crippen molar-refractivity contribution in [3.05, 3.63) is 29.8 Å². The average molecular weight is 254 g/mol. The van der Waals surface area contributed by atoms with Crippen LogP contribution in [0.4, 0.5) is 14.5 Å². The van der Waals surface area contributed by atoms with Crippen LogP contribution in [0.15, 0.2) is 18.2 Å². The largest absolute Gasteiger partial charge is 0.317 e. The van der Waals surface area contributed by atoms with Gasteiger partial charge in [-0.2, -0.15) is 0 Å². The highest BCUT2D eigenvalue weighted by Crippen LogP contribution is 2.23. The monoisotopic (exact) mass is 254 g/mol. The van der Waals surface area contributed by atoms with Crippen LogP contribution in [0.1, 0.15) is 12.8 Å². The number of benzene rings is 1. The van der Waals surface area contributed by atoms with Crippen molar-refractivity contribution in [3.8, 4) is 0 Å². The fraction of sp³-hybridized carbons (Fsp3) is 0.462. The number of halogens is 2. The van der Waals surface area contributed by atoms with Crippen molar-refractivity contribution in [2.75, 3.05) is 25.0 Å². The first-order valence-corrected chi connectivity index (χ1v) is 6.03. The Balaban J connectivity index is 2.14. The van der Waals surface area contributed by atoms with E-state index in [1.807, 2.05) is 0 Å². The summed E-state index contributed by atoms with van der Waals surface area (Å²) < 4.78 is 26.4. The Labute approximate surface area is 105 Å². The van der Waals surface area contributed by atoms with Crippen molar-refractivity contribution < 1.29 is 13.6 Å². The molecule has 1 aliphatic heterocycles. The molecule has 0 saturated carbocycles. The maximum Gasteiger partial charge on any atom is 0.230 e. The number of hydrogen-bond acceptors (Lipinski definition) is 2. The molecule has 0 atom stereocenters. The number of nitrogens with one attached hydrogen (secondary N) is 1. The number of nitrogens with zero attached hydrogens (tertiary/aromatic N) is 1. The first-order valence-electron chi connectivity index (χ1n) is 6.03. The molecule has 1 amide bonds.